The van der Waals surface area contributed by atoms with Gasteiger partial charge < -0.3 is 15.3 Å². The summed E-state index contributed by atoms with van der Waals surface area (Å²) < 4.78 is 13.6. The van der Waals surface area contributed by atoms with E-state index in [2.05, 4.69) is 5.32 Å². The Kier molecular flexibility index (Phi) is 4.79. The molecule has 0 aromatic heterocycles. The summed E-state index contributed by atoms with van der Waals surface area (Å²) in [6.45, 7) is -0.0790. The summed E-state index contributed by atoms with van der Waals surface area (Å²) in [6.07, 6.45) is -0.417. The maximum atomic E-state index is 13.6. The maximum absolute atomic E-state index is 13.6. The Bertz CT molecular complexity index is 594. The number of hydrogen-bond donors (Lipinski definition) is 2. The fraction of sp³-hybridized carbons (Fsp3) is 0.308. The number of carboxylic acid groups (broad SMARTS) is 1. The van der Waals surface area contributed by atoms with Crippen molar-refractivity contribution in [2.24, 2.45) is 0 Å². The molecule has 0 bridgehead atoms. The highest BCUT2D eigenvalue weighted by atomic mass is 32.2. The summed E-state index contributed by atoms with van der Waals surface area (Å²) in [7, 11) is 0. The molecule has 0 unspecified atom stereocenters. The van der Waals surface area contributed by atoms with Crippen molar-refractivity contribution < 1.29 is 23.9 Å². The Labute approximate surface area is 124 Å². The third-order valence-corrected chi connectivity index (χ3v) is 3.78. The molecule has 0 spiro atoms. The zero-order valence-electron chi connectivity index (χ0n) is 11.0. The van der Waals surface area contributed by atoms with Crippen molar-refractivity contribution in [1.82, 2.24) is 4.90 Å². The molecule has 1 saturated heterocycles. The van der Waals surface area contributed by atoms with E-state index in [9.17, 15) is 18.8 Å². The molecule has 0 saturated carbocycles. The van der Waals surface area contributed by atoms with E-state index in [1.165, 1.54) is 28.8 Å². The molecule has 6 nitrogen and oxygen atoms in total. The number of carbonyl (C=O) groups excluding carboxylic acids is 2. The Morgan fingerprint density at radius 1 is 1.43 bits per heavy atom. The molecule has 2 rings (SSSR count). The highest BCUT2D eigenvalue weighted by Gasteiger charge is 2.22. The normalized spacial score (nSPS) is 14.3. The van der Waals surface area contributed by atoms with Crippen LogP contribution in [0.4, 0.5) is 10.1 Å². The van der Waals surface area contributed by atoms with Crippen molar-refractivity contribution in [3.05, 3.63) is 29.6 Å². The van der Waals surface area contributed by atoms with Gasteiger partial charge in [-0.05, 0) is 17.7 Å². The molecule has 0 radical (unpaired) electrons. The van der Waals surface area contributed by atoms with Gasteiger partial charge in [0.25, 0.3) is 0 Å². The van der Waals surface area contributed by atoms with Gasteiger partial charge in [-0.1, -0.05) is 6.07 Å². The largest absolute Gasteiger partial charge is 0.481 e. The van der Waals surface area contributed by atoms with Crippen LogP contribution in [0.1, 0.15) is 5.56 Å². The van der Waals surface area contributed by atoms with Crippen LogP contribution in [0.2, 0.25) is 0 Å². The molecule has 0 atom stereocenters. The molecule has 2 amide bonds. The number of aliphatic carboxylic acids is 1. The lowest BCUT2D eigenvalue weighted by molar-refractivity contribution is -0.136. The van der Waals surface area contributed by atoms with Crippen molar-refractivity contribution in [3.8, 4) is 0 Å². The van der Waals surface area contributed by atoms with Crippen LogP contribution < -0.4 is 5.32 Å². The number of carboxylic acids is 1. The van der Waals surface area contributed by atoms with Crippen LogP contribution in [-0.2, 0) is 20.8 Å². The molecule has 8 heteroatoms. The lowest BCUT2D eigenvalue weighted by atomic mass is 10.1. The Balaban J connectivity index is 1.96. The molecule has 1 aromatic carbocycles. The minimum absolute atomic E-state index is 0.0478. The van der Waals surface area contributed by atoms with E-state index in [4.69, 9.17) is 5.11 Å². The number of rotatable bonds is 5. The van der Waals surface area contributed by atoms with Gasteiger partial charge in [-0.15, -0.1) is 11.8 Å². The number of hydrogen-bond acceptors (Lipinski definition) is 4. The van der Waals surface area contributed by atoms with E-state index in [-0.39, 0.29) is 23.7 Å². The third-order valence-electron chi connectivity index (χ3n) is 2.84. The first-order valence-corrected chi connectivity index (χ1v) is 7.27. The third kappa shape index (κ3) is 4.19. The van der Waals surface area contributed by atoms with Crippen molar-refractivity contribution in [3.63, 3.8) is 0 Å². The minimum atomic E-state index is -1.13. The van der Waals surface area contributed by atoms with Crippen molar-refractivity contribution in [2.75, 3.05) is 23.5 Å². The van der Waals surface area contributed by atoms with Crippen LogP contribution >= 0.6 is 11.8 Å². The van der Waals surface area contributed by atoms with Gasteiger partial charge in [0.15, 0.2) is 0 Å². The Morgan fingerprint density at radius 2 is 2.19 bits per heavy atom. The molecule has 21 heavy (non-hydrogen) atoms. The molecule has 0 aliphatic carbocycles. The quantitative estimate of drug-likeness (QED) is 0.844. The minimum Gasteiger partial charge on any atom is -0.481 e. The van der Waals surface area contributed by atoms with Crippen LogP contribution in [0.3, 0.4) is 0 Å². The van der Waals surface area contributed by atoms with Gasteiger partial charge in [-0.3, -0.25) is 14.4 Å². The zero-order chi connectivity index (χ0) is 15.4. The van der Waals surface area contributed by atoms with Crippen LogP contribution in [0, 0.1) is 5.82 Å². The number of anilines is 1. The van der Waals surface area contributed by atoms with Crippen LogP contribution in [0.25, 0.3) is 0 Å². The number of benzene rings is 1. The first kappa shape index (κ1) is 15.3. The van der Waals surface area contributed by atoms with Crippen LogP contribution in [-0.4, -0.2) is 46.0 Å². The van der Waals surface area contributed by atoms with Crippen LogP contribution in [0.5, 0.6) is 0 Å². The number of halogens is 1. The average Bonchev–Trinajstić information content (AvgIpc) is 2.78. The van der Waals surface area contributed by atoms with Crippen molar-refractivity contribution >= 4 is 35.2 Å². The monoisotopic (exact) mass is 312 g/mol. The van der Waals surface area contributed by atoms with Gasteiger partial charge in [-0.2, -0.15) is 0 Å². The smallest absolute Gasteiger partial charge is 0.307 e. The van der Waals surface area contributed by atoms with E-state index in [0.29, 0.717) is 11.6 Å². The zero-order valence-corrected chi connectivity index (χ0v) is 11.8. The van der Waals surface area contributed by atoms with E-state index < -0.39 is 24.1 Å². The van der Waals surface area contributed by atoms with Crippen LogP contribution in [0.15, 0.2) is 18.2 Å². The molecule has 112 valence electrons. The van der Waals surface area contributed by atoms with Gasteiger partial charge in [0.2, 0.25) is 11.8 Å². The fourth-order valence-corrected chi connectivity index (χ4v) is 2.75. The van der Waals surface area contributed by atoms with Gasteiger partial charge in [-0.25, -0.2) is 4.39 Å². The Hall–Kier alpha value is -2.09. The van der Waals surface area contributed by atoms with Gasteiger partial charge in [0.1, 0.15) is 12.4 Å². The standard InChI is InChI=1S/C13H13FN2O4S/c14-10-4-9(2-1-8(10)3-13(19)20)15-11(17)5-16-7-21-6-12(16)18/h1-2,4H,3,5-7H2,(H,15,17)(H,19,20). The summed E-state index contributed by atoms with van der Waals surface area (Å²) in [5.41, 5.74) is 0.276. The number of amides is 2. The van der Waals surface area contributed by atoms with E-state index in [0.717, 1.165) is 6.07 Å². The number of carbonyl (C=O) groups is 3. The fourth-order valence-electron chi connectivity index (χ4n) is 1.85. The lowest BCUT2D eigenvalue weighted by Gasteiger charge is -2.14. The van der Waals surface area contributed by atoms with E-state index in [1.54, 1.807) is 0 Å². The molecule has 2 N–H and O–H groups in total. The topological polar surface area (TPSA) is 86.7 Å². The SMILES string of the molecule is O=C(O)Cc1ccc(NC(=O)CN2CSCC2=O)cc1F. The molecule has 1 aliphatic rings. The molecule has 1 fully saturated rings. The summed E-state index contributed by atoms with van der Waals surface area (Å²) in [5.74, 6) is -1.50. The number of thioether (sulfide) groups is 1. The molecule has 1 aromatic rings. The van der Waals surface area contributed by atoms with Gasteiger partial charge in [0, 0.05) is 5.69 Å². The second-order valence-electron chi connectivity index (χ2n) is 4.49. The molecular formula is C13H13FN2O4S. The summed E-state index contributed by atoms with van der Waals surface area (Å²) in [6, 6.07) is 3.81. The van der Waals surface area contributed by atoms with Crippen molar-refractivity contribution in [2.45, 2.75) is 6.42 Å². The highest BCUT2D eigenvalue weighted by molar-refractivity contribution is 8.00. The molecule has 1 heterocycles. The first-order valence-electron chi connectivity index (χ1n) is 6.11. The summed E-state index contributed by atoms with van der Waals surface area (Å²) >= 11 is 1.43. The number of nitrogens with one attached hydrogen (secondary N) is 1. The summed E-state index contributed by atoms with van der Waals surface area (Å²) in [5, 5.41) is 11.1. The van der Waals surface area contributed by atoms with Gasteiger partial charge >= 0.3 is 5.97 Å². The predicted octanol–water partition coefficient (Wildman–Crippen LogP) is 0.924. The van der Waals surface area contributed by atoms with E-state index >= 15 is 0 Å². The second kappa shape index (κ2) is 6.57. The predicted molar refractivity (Wildman–Crippen MR) is 75.4 cm³/mol. The number of nitrogens with zero attached hydrogens (tertiary/aromatic N) is 1. The average molecular weight is 312 g/mol. The van der Waals surface area contributed by atoms with Crippen molar-refractivity contribution in [1.29, 1.82) is 0 Å². The second-order valence-corrected chi connectivity index (χ2v) is 5.45. The first-order chi connectivity index (χ1) is 9.95. The Morgan fingerprint density at radius 3 is 2.76 bits per heavy atom. The summed E-state index contributed by atoms with van der Waals surface area (Å²) in [4.78, 5) is 35.1. The van der Waals surface area contributed by atoms with E-state index in [1.807, 2.05) is 0 Å². The maximum Gasteiger partial charge on any atom is 0.307 e. The highest BCUT2D eigenvalue weighted by Crippen LogP contribution is 2.17. The molecular weight excluding hydrogens is 299 g/mol. The molecule has 1 aliphatic heterocycles. The van der Waals surface area contributed by atoms with Gasteiger partial charge in [0.05, 0.1) is 18.1 Å². The lowest BCUT2D eigenvalue weighted by Crippen LogP contribution is -2.34.